The second kappa shape index (κ2) is 5.73. The molecule has 1 saturated heterocycles. The third kappa shape index (κ3) is 3.24. The Labute approximate surface area is 112 Å². The molecule has 1 aliphatic rings. The number of rotatable bonds is 4. The molecule has 1 amide bonds. The number of amides is 1. The average molecular weight is 262 g/mol. The quantitative estimate of drug-likeness (QED) is 0.854. The van der Waals surface area contributed by atoms with Crippen molar-refractivity contribution < 1.29 is 14.7 Å². The highest BCUT2D eigenvalue weighted by Crippen LogP contribution is 2.22. The Morgan fingerprint density at radius 1 is 1.53 bits per heavy atom. The Kier molecular flexibility index (Phi) is 4.04. The molecule has 5 heteroatoms. The summed E-state index contributed by atoms with van der Waals surface area (Å²) in [5.41, 5.74) is 2.10. The number of benzene rings is 1. The van der Waals surface area contributed by atoms with E-state index in [-0.39, 0.29) is 12.3 Å². The van der Waals surface area contributed by atoms with Crippen LogP contribution in [0.5, 0.6) is 0 Å². The van der Waals surface area contributed by atoms with Gasteiger partial charge in [-0.15, -0.1) is 0 Å². The predicted molar refractivity (Wildman–Crippen MR) is 72.2 cm³/mol. The largest absolute Gasteiger partial charge is 0.481 e. The molecule has 2 rings (SSSR count). The standard InChI is InChI=1S/C14H18N2O3/c1-10-3-2-4-11(9-10)16-8-7-15-14(19)12(16)5-6-13(17)18/h2-4,9,12H,5-8H2,1H3,(H,15,19)(H,17,18). The zero-order valence-electron chi connectivity index (χ0n) is 10.9. The maximum atomic E-state index is 11.9. The summed E-state index contributed by atoms with van der Waals surface area (Å²) in [4.78, 5) is 24.6. The van der Waals surface area contributed by atoms with Crippen LogP contribution in [0.25, 0.3) is 0 Å². The molecule has 0 radical (unpaired) electrons. The molecule has 1 heterocycles. The number of carbonyl (C=O) groups excluding carboxylic acids is 1. The maximum absolute atomic E-state index is 11.9. The van der Waals surface area contributed by atoms with Crippen LogP contribution in [0.3, 0.4) is 0 Å². The topological polar surface area (TPSA) is 69.6 Å². The summed E-state index contributed by atoms with van der Waals surface area (Å²) < 4.78 is 0. The first-order valence-corrected chi connectivity index (χ1v) is 6.41. The Morgan fingerprint density at radius 2 is 2.32 bits per heavy atom. The van der Waals surface area contributed by atoms with E-state index in [1.165, 1.54) is 0 Å². The molecule has 1 fully saturated rings. The summed E-state index contributed by atoms with van der Waals surface area (Å²) in [5.74, 6) is -0.962. The van der Waals surface area contributed by atoms with Crippen LogP contribution in [0.1, 0.15) is 18.4 Å². The second-order valence-electron chi connectivity index (χ2n) is 4.77. The first-order chi connectivity index (χ1) is 9.08. The molecule has 1 aromatic carbocycles. The van der Waals surface area contributed by atoms with Gasteiger partial charge in [-0.05, 0) is 31.0 Å². The van der Waals surface area contributed by atoms with E-state index in [2.05, 4.69) is 5.32 Å². The third-order valence-corrected chi connectivity index (χ3v) is 3.30. The lowest BCUT2D eigenvalue weighted by Gasteiger charge is -2.36. The minimum absolute atomic E-state index is 0.000399. The summed E-state index contributed by atoms with van der Waals surface area (Å²) in [6.07, 6.45) is 0.329. The van der Waals surface area contributed by atoms with Gasteiger partial charge in [0.05, 0.1) is 0 Å². The van der Waals surface area contributed by atoms with E-state index >= 15 is 0 Å². The fourth-order valence-electron chi connectivity index (χ4n) is 2.38. The monoisotopic (exact) mass is 262 g/mol. The first kappa shape index (κ1) is 13.4. The van der Waals surface area contributed by atoms with Crippen LogP contribution >= 0.6 is 0 Å². The molecule has 0 bridgehead atoms. The van der Waals surface area contributed by atoms with E-state index in [1.807, 2.05) is 36.1 Å². The number of aliphatic carboxylic acids is 1. The number of carbonyl (C=O) groups is 2. The molecule has 5 nitrogen and oxygen atoms in total. The van der Waals surface area contributed by atoms with Crippen LogP contribution in [-0.4, -0.2) is 36.1 Å². The van der Waals surface area contributed by atoms with Gasteiger partial charge in [0.25, 0.3) is 0 Å². The number of hydrogen-bond acceptors (Lipinski definition) is 3. The fraction of sp³-hybridized carbons (Fsp3) is 0.429. The molecule has 1 atom stereocenters. The van der Waals surface area contributed by atoms with Crippen LogP contribution in [0.15, 0.2) is 24.3 Å². The lowest BCUT2D eigenvalue weighted by Crippen LogP contribution is -2.55. The van der Waals surface area contributed by atoms with Crippen molar-refractivity contribution in [2.24, 2.45) is 0 Å². The van der Waals surface area contributed by atoms with Crippen LogP contribution in [0.4, 0.5) is 5.69 Å². The smallest absolute Gasteiger partial charge is 0.303 e. The number of aryl methyl sites for hydroxylation is 1. The first-order valence-electron chi connectivity index (χ1n) is 6.41. The Morgan fingerprint density at radius 3 is 3.00 bits per heavy atom. The SMILES string of the molecule is Cc1cccc(N2CCNC(=O)C2CCC(=O)O)c1. The molecule has 2 N–H and O–H groups in total. The van der Waals surface area contributed by atoms with E-state index in [0.717, 1.165) is 11.3 Å². The number of nitrogens with one attached hydrogen (secondary N) is 1. The fourth-order valence-corrected chi connectivity index (χ4v) is 2.38. The zero-order valence-corrected chi connectivity index (χ0v) is 10.9. The van der Waals surface area contributed by atoms with Gasteiger partial charge in [0.1, 0.15) is 6.04 Å². The molecular weight excluding hydrogens is 244 g/mol. The maximum Gasteiger partial charge on any atom is 0.303 e. The van der Waals surface area contributed by atoms with Gasteiger partial charge in [-0.3, -0.25) is 9.59 Å². The lowest BCUT2D eigenvalue weighted by molar-refractivity contribution is -0.137. The minimum atomic E-state index is -0.873. The van der Waals surface area contributed by atoms with E-state index in [4.69, 9.17) is 5.11 Å². The molecular formula is C14H18N2O3. The van der Waals surface area contributed by atoms with Gasteiger partial charge in [-0.2, -0.15) is 0 Å². The van der Waals surface area contributed by atoms with Crippen molar-refractivity contribution in [2.45, 2.75) is 25.8 Å². The van der Waals surface area contributed by atoms with Gasteiger partial charge < -0.3 is 15.3 Å². The summed E-state index contributed by atoms with van der Waals surface area (Å²) in [5, 5.41) is 11.6. The zero-order chi connectivity index (χ0) is 13.8. The van der Waals surface area contributed by atoms with Crippen LogP contribution in [0.2, 0.25) is 0 Å². The Hall–Kier alpha value is -2.04. The van der Waals surface area contributed by atoms with Crippen molar-refractivity contribution in [1.82, 2.24) is 5.32 Å². The lowest BCUT2D eigenvalue weighted by atomic mass is 10.0. The Balaban J connectivity index is 2.19. The van der Waals surface area contributed by atoms with Crippen molar-refractivity contribution in [3.05, 3.63) is 29.8 Å². The number of carboxylic acid groups (broad SMARTS) is 1. The molecule has 1 aromatic rings. The molecule has 1 unspecified atom stereocenters. The normalized spacial score (nSPS) is 19.1. The summed E-state index contributed by atoms with van der Waals surface area (Å²) in [7, 11) is 0. The summed E-state index contributed by atoms with van der Waals surface area (Å²) >= 11 is 0. The van der Waals surface area contributed by atoms with Gasteiger partial charge in [0, 0.05) is 25.2 Å². The Bertz CT molecular complexity index is 487. The molecule has 1 aliphatic heterocycles. The summed E-state index contributed by atoms with van der Waals surface area (Å²) in [6, 6.07) is 7.53. The van der Waals surface area contributed by atoms with Crippen LogP contribution < -0.4 is 10.2 Å². The highest BCUT2D eigenvalue weighted by atomic mass is 16.4. The predicted octanol–water partition coefficient (Wildman–Crippen LogP) is 1.16. The molecule has 0 spiro atoms. The minimum Gasteiger partial charge on any atom is -0.481 e. The number of anilines is 1. The molecule has 0 aliphatic carbocycles. The van der Waals surface area contributed by atoms with E-state index in [9.17, 15) is 9.59 Å². The van der Waals surface area contributed by atoms with Crippen LogP contribution in [-0.2, 0) is 9.59 Å². The number of nitrogens with zero attached hydrogens (tertiary/aromatic N) is 1. The third-order valence-electron chi connectivity index (χ3n) is 3.30. The van der Waals surface area contributed by atoms with Gasteiger partial charge >= 0.3 is 5.97 Å². The highest BCUT2D eigenvalue weighted by Gasteiger charge is 2.30. The van der Waals surface area contributed by atoms with Crippen molar-refractivity contribution in [2.75, 3.05) is 18.0 Å². The summed E-state index contributed by atoms with van der Waals surface area (Å²) in [6.45, 7) is 3.30. The van der Waals surface area contributed by atoms with E-state index in [0.29, 0.717) is 19.5 Å². The van der Waals surface area contributed by atoms with E-state index in [1.54, 1.807) is 0 Å². The van der Waals surface area contributed by atoms with Gasteiger partial charge in [-0.1, -0.05) is 12.1 Å². The van der Waals surface area contributed by atoms with Crippen molar-refractivity contribution >= 4 is 17.6 Å². The average Bonchev–Trinajstić information content (AvgIpc) is 2.37. The van der Waals surface area contributed by atoms with Gasteiger partial charge in [-0.25, -0.2) is 0 Å². The number of carboxylic acids is 1. The van der Waals surface area contributed by atoms with Crippen molar-refractivity contribution in [3.63, 3.8) is 0 Å². The van der Waals surface area contributed by atoms with Crippen molar-refractivity contribution in [1.29, 1.82) is 0 Å². The van der Waals surface area contributed by atoms with Gasteiger partial charge in [0.15, 0.2) is 0 Å². The molecule has 0 aromatic heterocycles. The second-order valence-corrected chi connectivity index (χ2v) is 4.77. The van der Waals surface area contributed by atoms with E-state index < -0.39 is 12.0 Å². The highest BCUT2D eigenvalue weighted by molar-refractivity contribution is 5.87. The van der Waals surface area contributed by atoms with Crippen LogP contribution in [0, 0.1) is 6.92 Å². The van der Waals surface area contributed by atoms with Gasteiger partial charge in [0.2, 0.25) is 5.91 Å². The molecule has 102 valence electrons. The molecule has 0 saturated carbocycles. The number of piperazine rings is 1. The van der Waals surface area contributed by atoms with Crippen molar-refractivity contribution in [3.8, 4) is 0 Å². The molecule has 19 heavy (non-hydrogen) atoms. The number of hydrogen-bond donors (Lipinski definition) is 2.